The monoisotopic (exact) mass is 507 g/mol. The maximum atomic E-state index is 13.7. The average Bonchev–Trinajstić information content (AvgIpc) is 3.28. The highest BCUT2D eigenvalue weighted by molar-refractivity contribution is 7.22. The average molecular weight is 508 g/mol. The molecule has 180 valence electrons. The Labute approximate surface area is 213 Å². The summed E-state index contributed by atoms with van der Waals surface area (Å²) in [6.07, 6.45) is 3.85. The smallest absolute Gasteiger partial charge is 0.195 e. The number of halogens is 1. The Morgan fingerprint density at radius 3 is 2.37 bits per heavy atom. The minimum atomic E-state index is -0.0746. The molecular formula is C28H26ClNO4S. The highest BCUT2D eigenvalue weighted by Gasteiger charge is 2.22. The van der Waals surface area contributed by atoms with Crippen molar-refractivity contribution in [3.8, 4) is 27.7 Å². The molecule has 1 aromatic heterocycles. The summed E-state index contributed by atoms with van der Waals surface area (Å²) in [6.45, 7) is 3.85. The first-order valence-electron chi connectivity index (χ1n) is 11.8. The van der Waals surface area contributed by atoms with Crippen molar-refractivity contribution in [3.63, 3.8) is 0 Å². The molecule has 35 heavy (non-hydrogen) atoms. The number of hydrogen-bond acceptors (Lipinski definition) is 6. The first-order chi connectivity index (χ1) is 17.1. The molecule has 0 atom stereocenters. The maximum absolute atomic E-state index is 13.7. The van der Waals surface area contributed by atoms with Gasteiger partial charge in [-0.25, -0.2) is 0 Å². The fourth-order valence-electron chi connectivity index (χ4n) is 4.49. The van der Waals surface area contributed by atoms with Gasteiger partial charge in [0.2, 0.25) is 0 Å². The molecule has 0 spiro atoms. The van der Waals surface area contributed by atoms with Crippen LogP contribution in [0.1, 0.15) is 35.2 Å². The summed E-state index contributed by atoms with van der Waals surface area (Å²) in [7, 11) is 0. The summed E-state index contributed by atoms with van der Waals surface area (Å²) in [6, 6.07) is 19.7. The summed E-state index contributed by atoms with van der Waals surface area (Å²) in [5.41, 5.74) is 2.08. The van der Waals surface area contributed by atoms with E-state index in [0.717, 1.165) is 45.9 Å². The van der Waals surface area contributed by atoms with Gasteiger partial charge >= 0.3 is 0 Å². The van der Waals surface area contributed by atoms with Crippen molar-refractivity contribution in [2.24, 2.45) is 0 Å². The van der Waals surface area contributed by atoms with Crippen LogP contribution in [-0.2, 0) is 0 Å². The molecule has 2 heterocycles. The first kappa shape index (κ1) is 23.7. The second-order valence-corrected chi connectivity index (χ2v) is 9.90. The Bertz CT molecular complexity index is 1310. The second kappa shape index (κ2) is 10.7. The Balaban J connectivity index is 1.39. The highest BCUT2D eigenvalue weighted by Crippen LogP contribution is 2.41. The van der Waals surface area contributed by atoms with Crippen molar-refractivity contribution >= 4 is 39.1 Å². The zero-order valence-electron chi connectivity index (χ0n) is 19.2. The second-order valence-electron chi connectivity index (χ2n) is 8.69. The minimum absolute atomic E-state index is 0.0746. The van der Waals surface area contributed by atoms with E-state index < -0.39 is 0 Å². The number of carbonyl (C=O) groups excluding carboxylic acids is 1. The van der Waals surface area contributed by atoms with E-state index in [2.05, 4.69) is 4.90 Å². The first-order valence-corrected chi connectivity index (χ1v) is 12.9. The number of fused-ring (bicyclic) bond motifs is 1. The number of nitrogens with zero attached hydrogens (tertiary/aromatic N) is 1. The normalized spacial score (nSPS) is 14.2. The molecule has 0 unspecified atom stereocenters. The number of thiophene rings is 1. The fraction of sp³-hybridized carbons (Fsp3) is 0.250. The van der Waals surface area contributed by atoms with Crippen molar-refractivity contribution < 1.29 is 18.9 Å². The SMILES string of the molecule is O=C(c1ccc(OCCN2CCCCC2)cc1)c1c(-c2ccc(OCl)cc2)sc2cc(O)ccc12. The molecule has 7 heteroatoms. The lowest BCUT2D eigenvalue weighted by atomic mass is 9.97. The largest absolute Gasteiger partial charge is 0.508 e. The Kier molecular flexibility index (Phi) is 7.23. The topological polar surface area (TPSA) is 59.0 Å². The molecule has 1 N–H and O–H groups in total. The quantitative estimate of drug-likeness (QED) is 0.263. The van der Waals surface area contributed by atoms with Gasteiger partial charge < -0.3 is 14.1 Å². The third-order valence-corrected chi connectivity index (χ3v) is 7.73. The standard InChI is InChI=1S/C28H26ClNO4S/c29-34-23-11-6-20(7-12-23)28-26(24-13-8-21(31)18-25(24)35-28)27(32)19-4-9-22(10-5-19)33-17-16-30-14-2-1-3-15-30/h4-13,18,31H,1-3,14-17H2. The van der Waals surface area contributed by atoms with Gasteiger partial charge in [0.25, 0.3) is 0 Å². The number of aromatic hydroxyl groups is 1. The van der Waals surface area contributed by atoms with E-state index in [1.807, 2.05) is 36.4 Å². The molecule has 1 aliphatic heterocycles. The molecule has 1 fully saturated rings. The molecular weight excluding hydrogens is 482 g/mol. The predicted octanol–water partition coefficient (Wildman–Crippen LogP) is 6.90. The van der Waals surface area contributed by atoms with Crippen LogP contribution in [-0.4, -0.2) is 42.0 Å². The summed E-state index contributed by atoms with van der Waals surface area (Å²) in [4.78, 5) is 17.0. The molecule has 0 bridgehead atoms. The molecule has 4 aromatic rings. The number of benzene rings is 3. The van der Waals surface area contributed by atoms with Crippen LogP contribution in [0.4, 0.5) is 0 Å². The number of likely N-dealkylation sites (tertiary alicyclic amines) is 1. The van der Waals surface area contributed by atoms with Crippen LogP contribution in [0.2, 0.25) is 0 Å². The van der Waals surface area contributed by atoms with Gasteiger partial charge in [-0.2, -0.15) is 0 Å². The summed E-state index contributed by atoms with van der Waals surface area (Å²) in [5, 5.41) is 10.8. The van der Waals surface area contributed by atoms with Gasteiger partial charge in [0, 0.05) is 32.6 Å². The van der Waals surface area contributed by atoms with Crippen molar-refractivity contribution in [2.75, 3.05) is 26.2 Å². The van der Waals surface area contributed by atoms with Gasteiger partial charge in [0.05, 0.1) is 0 Å². The highest BCUT2D eigenvalue weighted by atomic mass is 35.5. The third-order valence-electron chi connectivity index (χ3n) is 6.35. The predicted molar refractivity (Wildman–Crippen MR) is 141 cm³/mol. The number of rotatable bonds is 8. The number of piperidine rings is 1. The lowest BCUT2D eigenvalue weighted by Gasteiger charge is -2.26. The molecule has 0 amide bonds. The van der Waals surface area contributed by atoms with Crippen molar-refractivity contribution in [1.29, 1.82) is 0 Å². The maximum Gasteiger partial charge on any atom is 0.195 e. The fourth-order valence-corrected chi connectivity index (χ4v) is 5.84. The number of phenolic OH excluding ortho intramolecular Hbond substituents is 1. The van der Waals surface area contributed by atoms with Crippen LogP contribution in [0.25, 0.3) is 20.5 Å². The van der Waals surface area contributed by atoms with Gasteiger partial charge in [0.15, 0.2) is 5.78 Å². The van der Waals surface area contributed by atoms with E-state index in [4.69, 9.17) is 20.9 Å². The number of ether oxygens (including phenoxy) is 1. The van der Waals surface area contributed by atoms with E-state index in [-0.39, 0.29) is 11.5 Å². The van der Waals surface area contributed by atoms with E-state index >= 15 is 0 Å². The van der Waals surface area contributed by atoms with E-state index in [1.54, 1.807) is 30.3 Å². The van der Waals surface area contributed by atoms with Gasteiger partial charge in [-0.3, -0.25) is 9.69 Å². The van der Waals surface area contributed by atoms with Crippen molar-refractivity contribution in [2.45, 2.75) is 19.3 Å². The molecule has 5 rings (SSSR count). The Morgan fingerprint density at radius 1 is 0.943 bits per heavy atom. The van der Waals surface area contributed by atoms with Crippen LogP contribution in [0.15, 0.2) is 66.7 Å². The minimum Gasteiger partial charge on any atom is -0.508 e. The summed E-state index contributed by atoms with van der Waals surface area (Å²) in [5.74, 6) is 1.38. The van der Waals surface area contributed by atoms with Gasteiger partial charge in [-0.1, -0.05) is 6.42 Å². The number of ketones is 1. The van der Waals surface area contributed by atoms with Crippen LogP contribution in [0, 0.1) is 0 Å². The molecule has 1 saturated heterocycles. The molecule has 1 aliphatic rings. The van der Waals surface area contributed by atoms with Crippen molar-refractivity contribution in [1.82, 2.24) is 4.90 Å². The molecule has 5 nitrogen and oxygen atoms in total. The number of carbonyl (C=O) groups is 1. The van der Waals surface area contributed by atoms with E-state index in [1.165, 1.54) is 30.6 Å². The lowest BCUT2D eigenvalue weighted by Crippen LogP contribution is -2.33. The van der Waals surface area contributed by atoms with Crippen LogP contribution >= 0.6 is 23.2 Å². The number of phenols is 1. The number of hydrogen-bond donors (Lipinski definition) is 1. The molecule has 0 radical (unpaired) electrons. The van der Waals surface area contributed by atoms with Gasteiger partial charge in [-0.05, 0) is 98.2 Å². The van der Waals surface area contributed by atoms with E-state index in [0.29, 0.717) is 23.5 Å². The molecule has 0 saturated carbocycles. The zero-order chi connectivity index (χ0) is 24.2. The van der Waals surface area contributed by atoms with Crippen LogP contribution in [0.5, 0.6) is 17.2 Å². The summed E-state index contributed by atoms with van der Waals surface area (Å²) >= 11 is 6.93. The van der Waals surface area contributed by atoms with Crippen molar-refractivity contribution in [3.05, 3.63) is 77.9 Å². The Hall–Kier alpha value is -3.06. The van der Waals surface area contributed by atoms with Gasteiger partial charge in [0.1, 0.15) is 35.7 Å². The Morgan fingerprint density at radius 2 is 1.66 bits per heavy atom. The van der Waals surface area contributed by atoms with Crippen LogP contribution < -0.4 is 9.03 Å². The zero-order valence-corrected chi connectivity index (χ0v) is 20.8. The van der Waals surface area contributed by atoms with Crippen LogP contribution in [0.3, 0.4) is 0 Å². The molecule has 0 aliphatic carbocycles. The lowest BCUT2D eigenvalue weighted by molar-refractivity contribution is 0.104. The molecule has 3 aromatic carbocycles. The van der Waals surface area contributed by atoms with E-state index in [9.17, 15) is 9.90 Å². The van der Waals surface area contributed by atoms with Gasteiger partial charge in [-0.15, -0.1) is 11.3 Å². The summed E-state index contributed by atoms with van der Waals surface area (Å²) < 4.78 is 11.5. The third kappa shape index (κ3) is 5.30.